The highest BCUT2D eigenvalue weighted by Crippen LogP contribution is 2.25. The Morgan fingerprint density at radius 1 is 1.00 bits per heavy atom. The highest BCUT2D eigenvalue weighted by molar-refractivity contribution is 5.92. The lowest BCUT2D eigenvalue weighted by atomic mass is 10.0. The predicted molar refractivity (Wildman–Crippen MR) is 107 cm³/mol. The molecule has 144 valence electrons. The molecule has 6 heteroatoms. The smallest absolute Gasteiger partial charge is 0.262 e. The van der Waals surface area contributed by atoms with Crippen LogP contribution in [0.5, 0.6) is 5.75 Å². The molecular formula is C23H16F2N2O2. The molecule has 0 aliphatic heterocycles. The van der Waals surface area contributed by atoms with Gasteiger partial charge in [-0.1, -0.05) is 30.3 Å². The second-order valence-electron chi connectivity index (χ2n) is 6.06. The third kappa shape index (κ3) is 5.50. The minimum atomic E-state index is -0.439. The van der Waals surface area contributed by atoms with Gasteiger partial charge in [-0.2, -0.15) is 5.26 Å². The summed E-state index contributed by atoms with van der Waals surface area (Å²) >= 11 is 0. The molecule has 0 heterocycles. The first-order valence-electron chi connectivity index (χ1n) is 8.70. The Kier molecular flexibility index (Phi) is 6.33. The summed E-state index contributed by atoms with van der Waals surface area (Å²) in [5, 5.41) is 12.1. The highest BCUT2D eigenvalue weighted by Gasteiger charge is 2.09. The lowest BCUT2D eigenvalue weighted by Gasteiger charge is -2.10. The second-order valence-corrected chi connectivity index (χ2v) is 6.06. The van der Waals surface area contributed by atoms with E-state index in [1.807, 2.05) is 0 Å². The minimum Gasteiger partial charge on any atom is -0.483 e. The molecule has 3 aromatic rings. The van der Waals surface area contributed by atoms with Gasteiger partial charge in [0.2, 0.25) is 0 Å². The van der Waals surface area contributed by atoms with Crippen molar-refractivity contribution in [1.29, 1.82) is 5.26 Å². The van der Waals surface area contributed by atoms with E-state index < -0.39 is 17.5 Å². The van der Waals surface area contributed by atoms with Gasteiger partial charge in [0.25, 0.3) is 5.91 Å². The first-order valence-corrected chi connectivity index (χ1v) is 8.70. The summed E-state index contributed by atoms with van der Waals surface area (Å²) < 4.78 is 32.0. The zero-order chi connectivity index (χ0) is 20.6. The van der Waals surface area contributed by atoms with Crippen LogP contribution in [-0.4, -0.2) is 12.5 Å². The van der Waals surface area contributed by atoms with Crippen LogP contribution < -0.4 is 10.1 Å². The quantitative estimate of drug-likeness (QED) is 0.473. The molecule has 29 heavy (non-hydrogen) atoms. The van der Waals surface area contributed by atoms with E-state index in [-0.39, 0.29) is 12.2 Å². The fraction of sp³-hybridized carbons (Fsp3) is 0.0435. The Labute approximate surface area is 166 Å². The second kappa shape index (κ2) is 9.29. The number of benzene rings is 3. The van der Waals surface area contributed by atoms with E-state index in [9.17, 15) is 18.8 Å². The molecule has 0 aliphatic carbocycles. The van der Waals surface area contributed by atoms with Crippen molar-refractivity contribution in [2.75, 3.05) is 11.9 Å². The van der Waals surface area contributed by atoms with Crippen LogP contribution in [0, 0.1) is 23.0 Å². The number of halogens is 2. The molecule has 0 radical (unpaired) electrons. The Morgan fingerprint density at radius 2 is 1.76 bits per heavy atom. The standard InChI is InChI=1S/C23H16F2N2O2/c24-19-8-10-21(11-9-19)27-23(28)15-29-22-7-2-1-4-17(22)12-18(14-26)16-5-3-6-20(25)13-16/h1-13H,15H2,(H,27,28)/b18-12-. The van der Waals surface area contributed by atoms with Crippen molar-refractivity contribution in [3.63, 3.8) is 0 Å². The topological polar surface area (TPSA) is 62.1 Å². The number of anilines is 1. The van der Waals surface area contributed by atoms with Gasteiger partial charge in [0, 0.05) is 11.3 Å². The Hall–Kier alpha value is -3.98. The van der Waals surface area contributed by atoms with Gasteiger partial charge in [0.1, 0.15) is 17.4 Å². The molecule has 1 N–H and O–H groups in total. The zero-order valence-corrected chi connectivity index (χ0v) is 15.2. The summed E-state index contributed by atoms with van der Waals surface area (Å²) in [6.45, 7) is -0.274. The van der Waals surface area contributed by atoms with Gasteiger partial charge in [-0.05, 0) is 54.1 Å². The van der Waals surface area contributed by atoms with Gasteiger partial charge in [-0.25, -0.2) is 8.78 Å². The summed E-state index contributed by atoms with van der Waals surface area (Å²) in [5.74, 6) is -0.857. The molecule has 0 aromatic heterocycles. The number of nitriles is 1. The first-order chi connectivity index (χ1) is 14.0. The number of carbonyl (C=O) groups is 1. The third-order valence-electron chi connectivity index (χ3n) is 3.96. The van der Waals surface area contributed by atoms with Crippen molar-refractivity contribution in [2.45, 2.75) is 0 Å². The summed E-state index contributed by atoms with van der Waals surface area (Å²) in [7, 11) is 0. The van der Waals surface area contributed by atoms with Crippen LogP contribution in [-0.2, 0) is 4.79 Å². The van der Waals surface area contributed by atoms with E-state index in [2.05, 4.69) is 11.4 Å². The average molecular weight is 390 g/mol. The fourth-order valence-corrected chi connectivity index (χ4v) is 2.60. The molecule has 0 fully saturated rings. The van der Waals surface area contributed by atoms with Crippen LogP contribution in [0.25, 0.3) is 11.6 Å². The van der Waals surface area contributed by atoms with Gasteiger partial charge in [-0.15, -0.1) is 0 Å². The predicted octanol–water partition coefficient (Wildman–Crippen LogP) is 5.05. The summed E-state index contributed by atoms with van der Waals surface area (Å²) in [6.07, 6.45) is 1.57. The van der Waals surface area contributed by atoms with E-state index in [0.29, 0.717) is 22.6 Å². The lowest BCUT2D eigenvalue weighted by molar-refractivity contribution is -0.118. The van der Waals surface area contributed by atoms with Gasteiger partial charge in [0.05, 0.1) is 11.6 Å². The SMILES string of the molecule is N#C/C(=C/c1ccccc1OCC(=O)Nc1ccc(F)cc1)c1cccc(F)c1. The maximum atomic E-state index is 13.5. The summed E-state index contributed by atoms with van der Waals surface area (Å²) in [5.41, 5.74) is 1.72. The van der Waals surface area contributed by atoms with Crippen molar-refractivity contribution >= 4 is 23.2 Å². The van der Waals surface area contributed by atoms with Gasteiger partial charge in [0.15, 0.2) is 6.61 Å². The number of ether oxygens (including phenoxy) is 1. The van der Waals surface area contributed by atoms with E-state index >= 15 is 0 Å². The number of rotatable bonds is 6. The average Bonchev–Trinajstić information content (AvgIpc) is 2.73. The molecule has 3 rings (SSSR count). The first kappa shape index (κ1) is 19.8. The van der Waals surface area contributed by atoms with Crippen molar-refractivity contribution < 1.29 is 18.3 Å². The normalized spacial score (nSPS) is 10.9. The number of nitrogens with one attached hydrogen (secondary N) is 1. The molecule has 3 aromatic carbocycles. The van der Waals surface area contributed by atoms with Gasteiger partial charge >= 0.3 is 0 Å². The van der Waals surface area contributed by atoms with E-state index in [0.717, 1.165) is 0 Å². The Morgan fingerprint density at radius 3 is 2.48 bits per heavy atom. The number of para-hydroxylation sites is 1. The highest BCUT2D eigenvalue weighted by atomic mass is 19.1. The summed E-state index contributed by atoms with van der Waals surface area (Å²) in [4.78, 5) is 12.1. The summed E-state index contributed by atoms with van der Waals surface area (Å²) in [6, 6.07) is 20.1. The van der Waals surface area contributed by atoms with Crippen molar-refractivity contribution in [3.8, 4) is 11.8 Å². The van der Waals surface area contributed by atoms with Crippen LogP contribution >= 0.6 is 0 Å². The Balaban J connectivity index is 1.74. The number of hydrogen-bond acceptors (Lipinski definition) is 3. The largest absolute Gasteiger partial charge is 0.483 e. The van der Waals surface area contributed by atoms with E-state index in [4.69, 9.17) is 4.74 Å². The van der Waals surface area contributed by atoms with E-state index in [1.165, 1.54) is 42.5 Å². The molecule has 0 atom stereocenters. The maximum absolute atomic E-state index is 13.5. The van der Waals surface area contributed by atoms with Crippen molar-refractivity contribution in [3.05, 3.63) is 95.6 Å². The van der Waals surface area contributed by atoms with Crippen LogP contribution in [0.2, 0.25) is 0 Å². The van der Waals surface area contributed by atoms with Crippen molar-refractivity contribution in [2.24, 2.45) is 0 Å². The van der Waals surface area contributed by atoms with Crippen LogP contribution in [0.3, 0.4) is 0 Å². The monoisotopic (exact) mass is 390 g/mol. The minimum absolute atomic E-state index is 0.260. The van der Waals surface area contributed by atoms with Crippen LogP contribution in [0.1, 0.15) is 11.1 Å². The molecule has 0 saturated carbocycles. The molecule has 0 unspecified atom stereocenters. The van der Waals surface area contributed by atoms with Gasteiger partial charge < -0.3 is 10.1 Å². The molecular weight excluding hydrogens is 374 g/mol. The molecule has 0 spiro atoms. The molecule has 0 bridgehead atoms. The lowest BCUT2D eigenvalue weighted by Crippen LogP contribution is -2.20. The zero-order valence-electron chi connectivity index (χ0n) is 15.2. The van der Waals surface area contributed by atoms with Gasteiger partial charge in [-0.3, -0.25) is 4.79 Å². The molecule has 1 amide bonds. The molecule has 0 aliphatic rings. The van der Waals surface area contributed by atoms with Crippen molar-refractivity contribution in [1.82, 2.24) is 0 Å². The Bertz CT molecular complexity index is 1090. The van der Waals surface area contributed by atoms with Crippen LogP contribution in [0.15, 0.2) is 72.8 Å². The number of nitrogens with zero attached hydrogens (tertiary/aromatic N) is 1. The third-order valence-corrected chi connectivity index (χ3v) is 3.96. The van der Waals surface area contributed by atoms with Crippen LogP contribution in [0.4, 0.5) is 14.5 Å². The molecule has 4 nitrogen and oxygen atoms in total. The van der Waals surface area contributed by atoms with E-state index in [1.54, 1.807) is 36.4 Å². The number of hydrogen-bond donors (Lipinski definition) is 1. The maximum Gasteiger partial charge on any atom is 0.262 e. The number of allylic oxidation sites excluding steroid dienone is 1. The number of carbonyl (C=O) groups excluding carboxylic acids is 1. The molecule has 0 saturated heterocycles. The number of amides is 1. The fourth-order valence-electron chi connectivity index (χ4n) is 2.60.